The molecule has 1 aliphatic heterocycles. The molecule has 5 heteroatoms. The van der Waals surface area contributed by atoms with Crippen molar-refractivity contribution >= 4 is 11.9 Å². The van der Waals surface area contributed by atoms with Crippen LogP contribution in [0.4, 0.5) is 4.79 Å². The second kappa shape index (κ2) is 9.64. The number of carbonyl (C=O) groups is 2. The van der Waals surface area contributed by atoms with E-state index in [4.69, 9.17) is 0 Å². The summed E-state index contributed by atoms with van der Waals surface area (Å²) in [7, 11) is 0. The molecule has 3 amide bonds. The van der Waals surface area contributed by atoms with Gasteiger partial charge < -0.3 is 15.5 Å². The van der Waals surface area contributed by atoms with E-state index in [-0.39, 0.29) is 17.4 Å². The zero-order valence-electron chi connectivity index (χ0n) is 18.3. The predicted octanol–water partition coefficient (Wildman–Crippen LogP) is 4.47. The van der Waals surface area contributed by atoms with Crippen LogP contribution in [0.1, 0.15) is 81.6 Å². The zero-order valence-corrected chi connectivity index (χ0v) is 18.3. The molecular formula is C24H37N3O2. The molecule has 3 rings (SSSR count). The van der Waals surface area contributed by atoms with Crippen molar-refractivity contribution in [1.29, 1.82) is 0 Å². The van der Waals surface area contributed by atoms with E-state index in [0.29, 0.717) is 18.5 Å². The molecule has 160 valence electrons. The van der Waals surface area contributed by atoms with Gasteiger partial charge in [-0.05, 0) is 54.7 Å². The number of benzene rings is 1. The van der Waals surface area contributed by atoms with Crippen LogP contribution in [-0.4, -0.2) is 42.5 Å². The number of amides is 3. The van der Waals surface area contributed by atoms with Gasteiger partial charge in [-0.2, -0.15) is 0 Å². The molecule has 0 radical (unpaired) electrons. The maximum atomic E-state index is 12.8. The number of likely N-dealkylation sites (tertiary alicyclic amines) is 1. The molecule has 2 fully saturated rings. The van der Waals surface area contributed by atoms with Crippen LogP contribution in [0.25, 0.3) is 0 Å². The highest BCUT2D eigenvalue weighted by molar-refractivity contribution is 5.94. The zero-order chi connectivity index (χ0) is 20.9. The van der Waals surface area contributed by atoms with Crippen molar-refractivity contribution < 1.29 is 9.59 Å². The van der Waals surface area contributed by atoms with Crippen molar-refractivity contribution in [2.24, 2.45) is 5.92 Å². The van der Waals surface area contributed by atoms with Crippen molar-refractivity contribution in [1.82, 2.24) is 15.5 Å². The monoisotopic (exact) mass is 399 g/mol. The molecule has 29 heavy (non-hydrogen) atoms. The third-order valence-electron chi connectivity index (χ3n) is 6.39. The standard InChI is InChI=1S/C24H37N3O2/c1-24(2,3)20-11-9-19(10-12-20)22(28)27-15-13-18(14-16-27)17-25-23(29)26-21-7-5-4-6-8-21/h9-12,18,21H,4-8,13-17H2,1-3H3,(H2,25,26,29). The molecule has 1 heterocycles. The van der Waals surface area contributed by atoms with E-state index in [0.717, 1.165) is 44.3 Å². The number of nitrogens with one attached hydrogen (secondary N) is 2. The molecule has 0 atom stereocenters. The molecule has 0 spiro atoms. The van der Waals surface area contributed by atoms with Gasteiger partial charge in [0.15, 0.2) is 0 Å². The van der Waals surface area contributed by atoms with E-state index in [1.165, 1.54) is 24.8 Å². The lowest BCUT2D eigenvalue weighted by molar-refractivity contribution is 0.0690. The Bertz CT molecular complexity index is 679. The average Bonchev–Trinajstić information content (AvgIpc) is 2.72. The van der Waals surface area contributed by atoms with E-state index in [9.17, 15) is 9.59 Å². The first-order valence-electron chi connectivity index (χ1n) is 11.3. The summed E-state index contributed by atoms with van der Waals surface area (Å²) in [6.45, 7) is 8.75. The van der Waals surface area contributed by atoms with Gasteiger partial charge in [-0.1, -0.05) is 52.2 Å². The molecular weight excluding hydrogens is 362 g/mol. The van der Waals surface area contributed by atoms with Crippen molar-refractivity contribution in [3.63, 3.8) is 0 Å². The second-order valence-corrected chi connectivity index (χ2v) is 9.75. The van der Waals surface area contributed by atoms with Gasteiger partial charge >= 0.3 is 6.03 Å². The Labute approximate surface area is 175 Å². The SMILES string of the molecule is CC(C)(C)c1ccc(C(=O)N2CCC(CNC(=O)NC3CCCCC3)CC2)cc1. The van der Waals surface area contributed by atoms with Crippen LogP contribution in [0.2, 0.25) is 0 Å². The number of carbonyl (C=O) groups excluding carboxylic acids is 2. The summed E-state index contributed by atoms with van der Waals surface area (Å²) in [5.74, 6) is 0.561. The van der Waals surface area contributed by atoms with Crippen LogP contribution in [0.15, 0.2) is 24.3 Å². The number of piperidine rings is 1. The number of urea groups is 1. The highest BCUT2D eigenvalue weighted by atomic mass is 16.2. The predicted molar refractivity (Wildman–Crippen MR) is 117 cm³/mol. The molecule has 0 bridgehead atoms. The van der Waals surface area contributed by atoms with E-state index >= 15 is 0 Å². The molecule has 0 unspecified atom stereocenters. The minimum Gasteiger partial charge on any atom is -0.339 e. The lowest BCUT2D eigenvalue weighted by Crippen LogP contribution is -2.46. The highest BCUT2D eigenvalue weighted by Crippen LogP contribution is 2.24. The van der Waals surface area contributed by atoms with Gasteiger partial charge in [-0.15, -0.1) is 0 Å². The van der Waals surface area contributed by atoms with Crippen LogP contribution in [0, 0.1) is 5.92 Å². The molecule has 2 aliphatic rings. The smallest absolute Gasteiger partial charge is 0.315 e. The number of hydrogen-bond acceptors (Lipinski definition) is 2. The molecule has 0 aromatic heterocycles. The topological polar surface area (TPSA) is 61.4 Å². The fourth-order valence-corrected chi connectivity index (χ4v) is 4.36. The lowest BCUT2D eigenvalue weighted by Gasteiger charge is -2.32. The van der Waals surface area contributed by atoms with Gasteiger partial charge in [0.1, 0.15) is 0 Å². The molecule has 5 nitrogen and oxygen atoms in total. The maximum absolute atomic E-state index is 12.8. The summed E-state index contributed by atoms with van der Waals surface area (Å²) >= 11 is 0. The Hall–Kier alpha value is -2.04. The van der Waals surface area contributed by atoms with Gasteiger partial charge in [0.2, 0.25) is 0 Å². The van der Waals surface area contributed by atoms with Crippen molar-refractivity contribution in [2.45, 2.75) is 77.2 Å². The fraction of sp³-hybridized carbons (Fsp3) is 0.667. The van der Waals surface area contributed by atoms with Gasteiger partial charge in [-0.3, -0.25) is 4.79 Å². The van der Waals surface area contributed by atoms with Crippen LogP contribution in [0.3, 0.4) is 0 Å². The van der Waals surface area contributed by atoms with Crippen LogP contribution >= 0.6 is 0 Å². The first kappa shape index (κ1) is 21.7. The third-order valence-corrected chi connectivity index (χ3v) is 6.39. The summed E-state index contributed by atoms with van der Waals surface area (Å²) in [5.41, 5.74) is 2.10. The molecule has 2 N–H and O–H groups in total. The Morgan fingerprint density at radius 3 is 2.17 bits per heavy atom. The third kappa shape index (κ3) is 6.22. The van der Waals surface area contributed by atoms with Crippen molar-refractivity contribution in [2.75, 3.05) is 19.6 Å². The fourth-order valence-electron chi connectivity index (χ4n) is 4.36. The minimum atomic E-state index is -0.0330. The number of rotatable bonds is 4. The van der Waals surface area contributed by atoms with E-state index in [1.54, 1.807) is 0 Å². The molecule has 1 aliphatic carbocycles. The molecule has 1 saturated heterocycles. The normalized spacial score (nSPS) is 19.1. The van der Waals surface area contributed by atoms with Crippen LogP contribution in [0.5, 0.6) is 0 Å². The summed E-state index contributed by atoms with van der Waals surface area (Å²) < 4.78 is 0. The number of hydrogen-bond donors (Lipinski definition) is 2. The molecule has 1 aromatic rings. The largest absolute Gasteiger partial charge is 0.339 e. The summed E-state index contributed by atoms with van der Waals surface area (Å²) in [5, 5.41) is 6.15. The lowest BCUT2D eigenvalue weighted by atomic mass is 9.86. The Balaban J connectivity index is 1.40. The summed E-state index contributed by atoms with van der Waals surface area (Å²) in [4.78, 5) is 26.9. The quantitative estimate of drug-likeness (QED) is 0.785. The second-order valence-electron chi connectivity index (χ2n) is 9.75. The van der Waals surface area contributed by atoms with E-state index < -0.39 is 0 Å². The average molecular weight is 400 g/mol. The maximum Gasteiger partial charge on any atom is 0.315 e. The van der Waals surface area contributed by atoms with E-state index in [2.05, 4.69) is 43.5 Å². The number of nitrogens with zero attached hydrogens (tertiary/aromatic N) is 1. The Morgan fingerprint density at radius 2 is 1.59 bits per heavy atom. The summed E-state index contributed by atoms with van der Waals surface area (Å²) in [6, 6.07) is 8.34. The first-order chi connectivity index (χ1) is 13.8. The van der Waals surface area contributed by atoms with Crippen molar-refractivity contribution in [3.05, 3.63) is 35.4 Å². The van der Waals surface area contributed by atoms with Gasteiger partial charge in [0, 0.05) is 31.2 Å². The van der Waals surface area contributed by atoms with E-state index in [1.807, 2.05) is 17.0 Å². The van der Waals surface area contributed by atoms with Gasteiger partial charge in [0.25, 0.3) is 5.91 Å². The molecule has 1 aromatic carbocycles. The van der Waals surface area contributed by atoms with Gasteiger partial charge in [0.05, 0.1) is 0 Å². The summed E-state index contributed by atoms with van der Waals surface area (Å²) in [6.07, 6.45) is 7.81. The first-order valence-corrected chi connectivity index (χ1v) is 11.3. The van der Waals surface area contributed by atoms with Crippen LogP contribution < -0.4 is 10.6 Å². The molecule has 1 saturated carbocycles. The highest BCUT2D eigenvalue weighted by Gasteiger charge is 2.25. The van der Waals surface area contributed by atoms with Crippen molar-refractivity contribution in [3.8, 4) is 0 Å². The minimum absolute atomic E-state index is 0.0330. The van der Waals surface area contributed by atoms with Gasteiger partial charge in [-0.25, -0.2) is 4.79 Å². The Morgan fingerprint density at radius 1 is 0.966 bits per heavy atom. The Kier molecular flexibility index (Phi) is 7.20. The van der Waals surface area contributed by atoms with Crippen LogP contribution in [-0.2, 0) is 5.41 Å².